The Bertz CT molecular complexity index is 892. The molecule has 0 aliphatic heterocycles. The third-order valence-electron chi connectivity index (χ3n) is 5.30. The quantitative estimate of drug-likeness (QED) is 0.183. The molecule has 2 heterocycles. The molecule has 1 atom stereocenters. The van der Waals surface area contributed by atoms with E-state index in [9.17, 15) is 4.79 Å². The summed E-state index contributed by atoms with van der Waals surface area (Å²) in [6.07, 6.45) is 6.26. The molecule has 1 aliphatic rings. The van der Waals surface area contributed by atoms with Gasteiger partial charge in [0.05, 0.1) is 0 Å². The Morgan fingerprint density at radius 2 is 1.81 bits per heavy atom. The smallest absolute Gasteiger partial charge is 0.324 e. The highest BCUT2D eigenvalue weighted by molar-refractivity contribution is 14.1. The minimum absolute atomic E-state index is 0.128. The van der Waals surface area contributed by atoms with Crippen LogP contribution in [0.4, 0.5) is 0 Å². The predicted octanol–water partition coefficient (Wildman–Crippen LogP) is 6.23. The standard InChI is InChI=1S/C22H23IO4/c1-2-19(23)21(24)26-15-6-8-16(9-7-15)27-22(12-4-3-5-13-22)18-14-17-10-11-20(18)25-17/h6-11,14,19H,2-5,12-13H2,1H3. The van der Waals surface area contributed by atoms with E-state index in [1.54, 1.807) is 12.1 Å². The molecule has 4 rings (SSSR count). The predicted molar refractivity (Wildman–Crippen MR) is 113 cm³/mol. The van der Waals surface area contributed by atoms with E-state index >= 15 is 0 Å². The fourth-order valence-electron chi connectivity index (χ4n) is 3.84. The maximum absolute atomic E-state index is 11.9. The maximum atomic E-state index is 11.9. The summed E-state index contributed by atoms with van der Waals surface area (Å²) in [5, 5.41) is 0. The van der Waals surface area contributed by atoms with Crippen molar-refractivity contribution in [1.82, 2.24) is 0 Å². The number of hydrogen-bond acceptors (Lipinski definition) is 4. The van der Waals surface area contributed by atoms with Crippen LogP contribution in [0.5, 0.6) is 11.5 Å². The molecule has 3 aromatic rings. The highest BCUT2D eigenvalue weighted by Gasteiger charge is 2.39. The van der Waals surface area contributed by atoms with Gasteiger partial charge in [-0.2, -0.15) is 0 Å². The molecule has 27 heavy (non-hydrogen) atoms. The van der Waals surface area contributed by atoms with E-state index in [0.717, 1.165) is 54.6 Å². The van der Waals surface area contributed by atoms with Crippen molar-refractivity contribution < 1.29 is 18.7 Å². The Kier molecular flexibility index (Phi) is 5.30. The first-order valence-electron chi connectivity index (χ1n) is 9.57. The van der Waals surface area contributed by atoms with Gasteiger partial charge in [-0.05, 0) is 74.6 Å². The van der Waals surface area contributed by atoms with Crippen LogP contribution in [0.1, 0.15) is 51.0 Å². The van der Waals surface area contributed by atoms with Gasteiger partial charge in [0.1, 0.15) is 32.2 Å². The number of esters is 1. The van der Waals surface area contributed by atoms with Gasteiger partial charge in [-0.25, -0.2) is 0 Å². The molecule has 0 N–H and O–H groups in total. The van der Waals surface area contributed by atoms with Gasteiger partial charge in [-0.3, -0.25) is 4.79 Å². The van der Waals surface area contributed by atoms with E-state index < -0.39 is 0 Å². The van der Waals surface area contributed by atoms with E-state index in [0.29, 0.717) is 5.75 Å². The molecule has 1 saturated carbocycles. The number of halogens is 1. The summed E-state index contributed by atoms with van der Waals surface area (Å²) in [6.45, 7) is 1.97. The average molecular weight is 478 g/mol. The summed E-state index contributed by atoms with van der Waals surface area (Å²) in [4.78, 5) is 11.9. The molecule has 1 aromatic carbocycles. The van der Waals surface area contributed by atoms with Crippen LogP contribution in [0.2, 0.25) is 0 Å². The molecule has 2 aromatic heterocycles. The van der Waals surface area contributed by atoms with Gasteiger partial charge in [0.25, 0.3) is 0 Å². The molecule has 1 fully saturated rings. The van der Waals surface area contributed by atoms with Gasteiger partial charge in [0.2, 0.25) is 0 Å². The monoisotopic (exact) mass is 478 g/mol. The Morgan fingerprint density at radius 1 is 1.11 bits per heavy atom. The number of carbonyl (C=O) groups excluding carboxylic acids is 1. The van der Waals surface area contributed by atoms with Gasteiger partial charge < -0.3 is 13.9 Å². The minimum atomic E-state index is -0.339. The summed E-state index contributed by atoms with van der Waals surface area (Å²) in [6, 6.07) is 13.5. The van der Waals surface area contributed by atoms with Gasteiger partial charge in [-0.15, -0.1) is 0 Å². The van der Waals surface area contributed by atoms with Crippen LogP contribution in [0.3, 0.4) is 0 Å². The third kappa shape index (κ3) is 3.79. The summed E-state index contributed by atoms with van der Waals surface area (Å²) in [5.74, 6) is 1.13. The number of rotatable bonds is 6. The van der Waals surface area contributed by atoms with Gasteiger partial charge >= 0.3 is 5.97 Å². The first kappa shape index (κ1) is 18.6. The topological polar surface area (TPSA) is 48.7 Å². The van der Waals surface area contributed by atoms with Crippen LogP contribution in [0.25, 0.3) is 11.2 Å². The molecule has 0 saturated heterocycles. The van der Waals surface area contributed by atoms with Gasteiger partial charge in [0, 0.05) is 5.56 Å². The summed E-state index contributed by atoms with van der Waals surface area (Å²) in [5.41, 5.74) is 2.64. The lowest BCUT2D eigenvalue weighted by atomic mass is 9.79. The van der Waals surface area contributed by atoms with Crippen molar-refractivity contribution in [2.45, 2.75) is 55.0 Å². The fraction of sp³-hybridized carbons (Fsp3) is 0.409. The Hall–Kier alpha value is -1.76. The molecule has 2 bridgehead atoms. The Balaban J connectivity index is 1.53. The van der Waals surface area contributed by atoms with Crippen LogP contribution in [0.15, 0.2) is 46.9 Å². The zero-order chi connectivity index (χ0) is 18.9. The van der Waals surface area contributed by atoms with Crippen molar-refractivity contribution in [3.05, 3.63) is 48.0 Å². The molecule has 142 valence electrons. The molecule has 5 heteroatoms. The van der Waals surface area contributed by atoms with E-state index in [1.165, 1.54) is 6.42 Å². The number of benzene rings is 2. The van der Waals surface area contributed by atoms with Crippen molar-refractivity contribution in [2.24, 2.45) is 0 Å². The second kappa shape index (κ2) is 7.70. The van der Waals surface area contributed by atoms with Gasteiger partial charge in [0.15, 0.2) is 0 Å². The molecule has 0 spiro atoms. The summed E-state index contributed by atoms with van der Waals surface area (Å²) >= 11 is 2.11. The van der Waals surface area contributed by atoms with Crippen LogP contribution >= 0.6 is 22.6 Å². The average Bonchev–Trinajstić information content (AvgIpc) is 3.33. The number of carbonyl (C=O) groups is 1. The maximum Gasteiger partial charge on any atom is 0.324 e. The lowest BCUT2D eigenvalue weighted by molar-refractivity contribution is -0.133. The highest BCUT2D eigenvalue weighted by atomic mass is 127. The minimum Gasteiger partial charge on any atom is -0.482 e. The SMILES string of the molecule is CCC(I)C(=O)Oc1ccc(OC2(c3cc4ccc3o4)CCCCC2)cc1. The number of hydrogen-bond donors (Lipinski definition) is 0. The lowest BCUT2D eigenvalue weighted by Gasteiger charge is -2.37. The second-order valence-corrected chi connectivity index (χ2v) is 8.69. The molecule has 0 amide bonds. The van der Waals surface area contributed by atoms with Crippen molar-refractivity contribution in [2.75, 3.05) is 0 Å². The van der Waals surface area contributed by atoms with Crippen LogP contribution in [-0.4, -0.2) is 9.89 Å². The zero-order valence-corrected chi connectivity index (χ0v) is 17.5. The first-order valence-corrected chi connectivity index (χ1v) is 10.8. The zero-order valence-electron chi connectivity index (χ0n) is 15.4. The summed E-state index contributed by atoms with van der Waals surface area (Å²) in [7, 11) is 0. The van der Waals surface area contributed by atoms with Crippen LogP contribution < -0.4 is 9.47 Å². The van der Waals surface area contributed by atoms with Gasteiger partial charge in [-0.1, -0.05) is 35.9 Å². The number of ether oxygens (including phenoxy) is 2. The highest BCUT2D eigenvalue weighted by Crippen LogP contribution is 2.45. The number of fused-ring (bicyclic) bond motifs is 2. The molecule has 1 unspecified atom stereocenters. The number of furan rings is 2. The van der Waals surface area contributed by atoms with E-state index in [4.69, 9.17) is 13.9 Å². The molecule has 4 nitrogen and oxygen atoms in total. The van der Waals surface area contributed by atoms with Crippen molar-refractivity contribution >= 4 is 39.7 Å². The Morgan fingerprint density at radius 3 is 2.41 bits per heavy atom. The van der Waals surface area contributed by atoms with E-state index in [1.807, 2.05) is 31.2 Å². The van der Waals surface area contributed by atoms with Crippen molar-refractivity contribution in [1.29, 1.82) is 0 Å². The largest absolute Gasteiger partial charge is 0.482 e. The third-order valence-corrected chi connectivity index (χ3v) is 6.69. The summed E-state index contributed by atoms with van der Waals surface area (Å²) < 4.78 is 17.6. The second-order valence-electron chi connectivity index (χ2n) is 7.19. The van der Waals surface area contributed by atoms with Crippen LogP contribution in [-0.2, 0) is 10.4 Å². The van der Waals surface area contributed by atoms with E-state index in [-0.39, 0.29) is 15.5 Å². The lowest BCUT2D eigenvalue weighted by Crippen LogP contribution is -2.35. The molecular weight excluding hydrogens is 455 g/mol. The Labute approximate surface area is 172 Å². The van der Waals surface area contributed by atoms with E-state index in [2.05, 4.69) is 28.7 Å². The van der Waals surface area contributed by atoms with Crippen molar-refractivity contribution in [3.63, 3.8) is 0 Å². The first-order chi connectivity index (χ1) is 13.1. The molecular formula is C22H23IO4. The van der Waals surface area contributed by atoms with Crippen LogP contribution in [0, 0.1) is 0 Å². The normalized spacial score (nSPS) is 17.7. The molecule has 0 radical (unpaired) electrons. The molecule has 1 aliphatic carbocycles. The number of alkyl halides is 1. The fourth-order valence-corrected chi connectivity index (χ4v) is 3.97. The van der Waals surface area contributed by atoms with Crippen molar-refractivity contribution in [3.8, 4) is 11.5 Å².